The van der Waals surface area contributed by atoms with Gasteiger partial charge in [0.05, 0.1) is 16.6 Å². The van der Waals surface area contributed by atoms with Crippen molar-refractivity contribution in [3.63, 3.8) is 0 Å². The quantitative estimate of drug-likeness (QED) is 0.190. The molecule has 0 fully saturated rings. The molecule has 0 saturated heterocycles. The van der Waals surface area contributed by atoms with Crippen molar-refractivity contribution in [3.05, 3.63) is 28.8 Å². The summed E-state index contributed by atoms with van der Waals surface area (Å²) < 4.78 is 15.4. The van der Waals surface area contributed by atoms with E-state index in [9.17, 15) is 9.59 Å². The Kier molecular flexibility index (Phi) is 8.15. The van der Waals surface area contributed by atoms with Gasteiger partial charge < -0.3 is 14.2 Å². The Morgan fingerprint density at radius 3 is 2.25 bits per heavy atom. The average Bonchev–Trinajstić information content (AvgIpc) is 2.47. The first kappa shape index (κ1) is 20.9. The number of ether oxygens (including phenoxy) is 3. The van der Waals surface area contributed by atoms with Crippen LogP contribution in [0, 0.1) is 13.8 Å². The summed E-state index contributed by atoms with van der Waals surface area (Å²) in [5.74, 6) is 0.549. The molecule has 0 N–H and O–H groups in total. The van der Waals surface area contributed by atoms with Gasteiger partial charge in [-0.25, -0.2) is 0 Å². The number of hydrogen-bond donors (Lipinski definition) is 0. The number of halogens is 1. The Morgan fingerprint density at radius 2 is 1.67 bits per heavy atom. The van der Waals surface area contributed by atoms with E-state index >= 15 is 0 Å². The lowest BCUT2D eigenvalue weighted by Gasteiger charge is -2.18. The molecule has 0 bridgehead atoms. The van der Waals surface area contributed by atoms with Crippen LogP contribution < -0.4 is 4.74 Å². The van der Waals surface area contributed by atoms with Gasteiger partial charge in [-0.3, -0.25) is 9.59 Å². The van der Waals surface area contributed by atoms with Crippen LogP contribution in [0.25, 0.3) is 0 Å². The molecular formula is C18H25IO5. The zero-order chi connectivity index (χ0) is 18.3. The van der Waals surface area contributed by atoms with Crippen LogP contribution in [-0.4, -0.2) is 41.6 Å². The second-order valence-electron chi connectivity index (χ2n) is 6.04. The molecule has 0 aliphatic rings. The van der Waals surface area contributed by atoms with Gasteiger partial charge in [0, 0.05) is 12.5 Å². The summed E-state index contributed by atoms with van der Waals surface area (Å²) in [4.78, 5) is 23.1. The molecule has 1 rings (SSSR count). The van der Waals surface area contributed by atoms with Crippen molar-refractivity contribution in [2.75, 3.05) is 26.4 Å². The summed E-state index contributed by atoms with van der Waals surface area (Å²) in [6.45, 7) is 10.4. The maximum absolute atomic E-state index is 12.5. The summed E-state index contributed by atoms with van der Waals surface area (Å²) in [5, 5.41) is 0. The van der Waals surface area contributed by atoms with Crippen molar-refractivity contribution in [2.45, 2.75) is 38.0 Å². The van der Waals surface area contributed by atoms with Crippen LogP contribution in [0.15, 0.2) is 12.1 Å². The van der Waals surface area contributed by atoms with E-state index in [0.29, 0.717) is 19.8 Å². The number of alkyl halides is 1. The van der Waals surface area contributed by atoms with Gasteiger partial charge in [0.1, 0.15) is 19.0 Å². The molecule has 0 amide bonds. The Hall–Kier alpha value is -1.15. The van der Waals surface area contributed by atoms with Crippen LogP contribution in [0.1, 0.15) is 42.3 Å². The number of rotatable bonds is 9. The van der Waals surface area contributed by atoms with Gasteiger partial charge in [0.2, 0.25) is 0 Å². The monoisotopic (exact) mass is 448 g/mol. The first-order valence-corrected chi connectivity index (χ1v) is 8.89. The molecule has 6 heteroatoms. The Morgan fingerprint density at radius 1 is 1.04 bits per heavy atom. The normalized spacial score (nSPS) is 11.2. The third kappa shape index (κ3) is 6.76. The van der Waals surface area contributed by atoms with E-state index in [2.05, 4.69) is 22.6 Å². The lowest BCUT2D eigenvalue weighted by atomic mass is 9.95. The lowest BCUT2D eigenvalue weighted by molar-refractivity contribution is -0.142. The first-order chi connectivity index (χ1) is 11.1. The number of carbonyl (C=O) groups excluding carboxylic acids is 2. The minimum atomic E-state index is -0.437. The van der Waals surface area contributed by atoms with E-state index in [1.54, 1.807) is 0 Å². The molecule has 24 heavy (non-hydrogen) atoms. The Balaban J connectivity index is 2.54. The molecule has 5 nitrogen and oxygen atoms in total. The fourth-order valence-electron chi connectivity index (χ4n) is 2.07. The smallest absolute Gasteiger partial charge is 0.302 e. The molecule has 0 spiro atoms. The van der Waals surface area contributed by atoms with E-state index < -0.39 is 3.42 Å². The Bertz CT molecular complexity index is 590. The van der Waals surface area contributed by atoms with Crippen molar-refractivity contribution in [2.24, 2.45) is 0 Å². The second kappa shape index (κ2) is 9.36. The predicted octanol–water partition coefficient (Wildman–Crippen LogP) is 3.66. The zero-order valence-electron chi connectivity index (χ0n) is 14.9. The summed E-state index contributed by atoms with van der Waals surface area (Å²) in [7, 11) is 0. The van der Waals surface area contributed by atoms with Gasteiger partial charge in [0.25, 0.3) is 0 Å². The minimum Gasteiger partial charge on any atom is -0.491 e. The van der Waals surface area contributed by atoms with Gasteiger partial charge in [0.15, 0.2) is 5.78 Å². The SMILES string of the molecule is CC(=O)OCCOCCOc1cc(C)c(C(=O)C(C)(C)I)cc1C. The molecule has 1 aromatic rings. The zero-order valence-corrected chi connectivity index (χ0v) is 17.1. The minimum absolute atomic E-state index is 0.115. The van der Waals surface area contributed by atoms with Crippen LogP contribution in [0.5, 0.6) is 5.75 Å². The number of ketones is 1. The van der Waals surface area contributed by atoms with Gasteiger partial charge >= 0.3 is 5.97 Å². The summed E-state index contributed by atoms with van der Waals surface area (Å²) in [6, 6.07) is 3.78. The number of hydrogen-bond acceptors (Lipinski definition) is 5. The topological polar surface area (TPSA) is 61.8 Å². The molecule has 0 unspecified atom stereocenters. The highest BCUT2D eigenvalue weighted by atomic mass is 127. The number of esters is 1. The molecule has 0 heterocycles. The number of carbonyl (C=O) groups is 2. The molecule has 0 aromatic heterocycles. The maximum atomic E-state index is 12.5. The highest BCUT2D eigenvalue weighted by Gasteiger charge is 2.26. The highest BCUT2D eigenvalue weighted by molar-refractivity contribution is 14.1. The van der Waals surface area contributed by atoms with Gasteiger partial charge in [-0.2, -0.15) is 0 Å². The van der Waals surface area contributed by atoms with Gasteiger partial charge in [-0.1, -0.05) is 22.6 Å². The van der Waals surface area contributed by atoms with Crippen LogP contribution in [-0.2, 0) is 14.3 Å². The van der Waals surface area contributed by atoms with Crippen molar-refractivity contribution < 1.29 is 23.8 Å². The Labute approximate surface area is 157 Å². The summed E-state index contributed by atoms with van der Waals surface area (Å²) >= 11 is 2.16. The number of benzene rings is 1. The second-order valence-corrected chi connectivity index (χ2v) is 8.73. The van der Waals surface area contributed by atoms with Crippen molar-refractivity contribution in [3.8, 4) is 5.75 Å². The maximum Gasteiger partial charge on any atom is 0.302 e. The molecule has 0 radical (unpaired) electrons. The molecule has 0 aliphatic carbocycles. The van der Waals surface area contributed by atoms with E-state index in [0.717, 1.165) is 22.4 Å². The van der Waals surface area contributed by atoms with Crippen LogP contribution in [0.4, 0.5) is 0 Å². The standard InChI is InChI=1S/C18H25IO5/c1-12-11-16(24-9-7-22-6-8-23-14(3)20)13(2)10-15(12)17(21)18(4,5)19/h10-11H,6-9H2,1-5H3. The van der Waals surface area contributed by atoms with Crippen LogP contribution in [0.2, 0.25) is 0 Å². The third-order valence-electron chi connectivity index (χ3n) is 3.32. The summed E-state index contributed by atoms with van der Waals surface area (Å²) in [5.41, 5.74) is 2.56. The van der Waals surface area contributed by atoms with Crippen LogP contribution in [0.3, 0.4) is 0 Å². The molecule has 0 atom stereocenters. The first-order valence-electron chi connectivity index (χ1n) is 7.81. The van der Waals surface area contributed by atoms with E-state index in [4.69, 9.17) is 14.2 Å². The van der Waals surface area contributed by atoms with E-state index in [-0.39, 0.29) is 18.4 Å². The van der Waals surface area contributed by atoms with Crippen molar-refractivity contribution in [1.29, 1.82) is 0 Å². The number of Topliss-reactive ketones (excluding diaryl/α,β-unsaturated/α-hetero) is 1. The van der Waals surface area contributed by atoms with Crippen LogP contribution >= 0.6 is 22.6 Å². The van der Waals surface area contributed by atoms with Crippen molar-refractivity contribution >= 4 is 34.3 Å². The number of aryl methyl sites for hydroxylation is 2. The molecule has 1 aromatic carbocycles. The third-order valence-corrected chi connectivity index (χ3v) is 3.81. The molecule has 134 valence electrons. The highest BCUT2D eigenvalue weighted by Crippen LogP contribution is 2.29. The lowest BCUT2D eigenvalue weighted by Crippen LogP contribution is -2.24. The van der Waals surface area contributed by atoms with Gasteiger partial charge in [-0.15, -0.1) is 0 Å². The van der Waals surface area contributed by atoms with Crippen molar-refractivity contribution in [1.82, 2.24) is 0 Å². The fourth-order valence-corrected chi connectivity index (χ4v) is 2.36. The molecule has 0 saturated carbocycles. The van der Waals surface area contributed by atoms with Gasteiger partial charge in [-0.05, 0) is 51.0 Å². The molecular weight excluding hydrogens is 423 g/mol. The predicted molar refractivity (Wildman–Crippen MR) is 101 cm³/mol. The average molecular weight is 448 g/mol. The largest absolute Gasteiger partial charge is 0.491 e. The van der Waals surface area contributed by atoms with E-state index in [1.807, 2.05) is 39.8 Å². The molecule has 0 aliphatic heterocycles. The summed E-state index contributed by atoms with van der Waals surface area (Å²) in [6.07, 6.45) is 0. The van der Waals surface area contributed by atoms with E-state index in [1.165, 1.54) is 6.92 Å². The fraction of sp³-hybridized carbons (Fsp3) is 0.556.